The zero-order chi connectivity index (χ0) is 20.9. The maximum atomic E-state index is 12.5. The standard InChI is InChI=1S/C18H23N3O5S2/c1-18(2,13-7-8-27-11-13)20-16(22)10-12-5-6-14(26-4)15(9-12)28(24,25)21-17(23)19-3/h5-9,11H,10H2,1-4H3,(H,20,22)(H2,19,21,23). The minimum atomic E-state index is -4.16. The molecular formula is C18H23N3O5S2. The first-order valence-corrected chi connectivity index (χ1v) is 10.8. The molecule has 152 valence electrons. The SMILES string of the molecule is CNC(=O)NS(=O)(=O)c1cc(CC(=O)NC(C)(C)c2ccsc2)ccc1OC. The molecule has 1 heterocycles. The molecule has 2 rings (SSSR count). The highest BCUT2D eigenvalue weighted by Gasteiger charge is 2.25. The van der Waals surface area contributed by atoms with Gasteiger partial charge in [-0.15, -0.1) is 0 Å². The van der Waals surface area contributed by atoms with Gasteiger partial charge in [0.25, 0.3) is 10.0 Å². The number of benzene rings is 1. The predicted molar refractivity (Wildman–Crippen MR) is 107 cm³/mol. The highest BCUT2D eigenvalue weighted by Crippen LogP contribution is 2.26. The van der Waals surface area contributed by atoms with Gasteiger partial charge >= 0.3 is 6.03 Å². The van der Waals surface area contributed by atoms with Gasteiger partial charge in [0.15, 0.2) is 0 Å². The van der Waals surface area contributed by atoms with Gasteiger partial charge in [-0.1, -0.05) is 6.07 Å². The fourth-order valence-electron chi connectivity index (χ4n) is 2.54. The van der Waals surface area contributed by atoms with Crippen LogP contribution in [-0.2, 0) is 26.8 Å². The number of urea groups is 1. The van der Waals surface area contributed by atoms with Gasteiger partial charge in [0.1, 0.15) is 10.6 Å². The molecule has 0 aliphatic rings. The van der Waals surface area contributed by atoms with Gasteiger partial charge in [0, 0.05) is 7.05 Å². The highest BCUT2D eigenvalue weighted by molar-refractivity contribution is 7.90. The molecule has 1 aromatic carbocycles. The van der Waals surface area contributed by atoms with Crippen molar-refractivity contribution >= 4 is 33.3 Å². The normalized spacial score (nSPS) is 11.6. The van der Waals surface area contributed by atoms with Gasteiger partial charge in [0.05, 0.1) is 19.1 Å². The Kier molecular flexibility index (Phi) is 6.68. The molecule has 0 atom stereocenters. The minimum Gasteiger partial charge on any atom is -0.495 e. The van der Waals surface area contributed by atoms with E-state index in [-0.39, 0.29) is 23.0 Å². The third-order valence-corrected chi connectivity index (χ3v) is 6.07. The number of hydrogen-bond acceptors (Lipinski definition) is 6. The molecule has 3 N–H and O–H groups in total. The third kappa shape index (κ3) is 5.23. The van der Waals surface area contributed by atoms with E-state index in [0.717, 1.165) is 5.56 Å². The molecule has 0 fully saturated rings. The Morgan fingerprint density at radius 2 is 1.93 bits per heavy atom. The van der Waals surface area contributed by atoms with Gasteiger partial charge in [-0.2, -0.15) is 11.3 Å². The maximum Gasteiger partial charge on any atom is 0.328 e. The summed E-state index contributed by atoms with van der Waals surface area (Å²) in [5, 5.41) is 9.02. The fourth-order valence-corrected chi connectivity index (χ4v) is 4.54. The lowest BCUT2D eigenvalue weighted by atomic mass is 9.97. The summed E-state index contributed by atoms with van der Waals surface area (Å²) < 4.78 is 31.9. The average Bonchev–Trinajstić information content (AvgIpc) is 3.16. The van der Waals surface area contributed by atoms with Crippen molar-refractivity contribution in [1.29, 1.82) is 0 Å². The van der Waals surface area contributed by atoms with E-state index in [0.29, 0.717) is 5.56 Å². The van der Waals surface area contributed by atoms with Crippen molar-refractivity contribution in [2.45, 2.75) is 30.7 Å². The predicted octanol–water partition coefficient (Wildman–Crippen LogP) is 1.97. The highest BCUT2D eigenvalue weighted by atomic mass is 32.2. The van der Waals surface area contributed by atoms with E-state index in [1.807, 2.05) is 35.4 Å². The monoisotopic (exact) mass is 425 g/mol. The lowest BCUT2D eigenvalue weighted by molar-refractivity contribution is -0.122. The third-order valence-electron chi connectivity index (χ3n) is 4.03. The van der Waals surface area contributed by atoms with Crippen LogP contribution in [0.3, 0.4) is 0 Å². The number of carbonyl (C=O) groups excluding carboxylic acids is 2. The molecule has 0 radical (unpaired) electrons. The molecule has 0 saturated carbocycles. The maximum absolute atomic E-state index is 12.5. The fraction of sp³-hybridized carbons (Fsp3) is 0.333. The quantitative estimate of drug-likeness (QED) is 0.628. The van der Waals surface area contributed by atoms with Crippen LogP contribution in [0.5, 0.6) is 5.75 Å². The summed E-state index contributed by atoms with van der Waals surface area (Å²) in [6.07, 6.45) is -0.0277. The molecule has 0 bridgehead atoms. The molecule has 0 unspecified atom stereocenters. The van der Waals surface area contributed by atoms with Gasteiger partial charge in [-0.05, 0) is 53.9 Å². The van der Waals surface area contributed by atoms with Crippen molar-refractivity contribution in [3.63, 3.8) is 0 Å². The van der Waals surface area contributed by atoms with Crippen LogP contribution in [0.2, 0.25) is 0 Å². The summed E-state index contributed by atoms with van der Waals surface area (Å²) in [7, 11) is -1.53. The smallest absolute Gasteiger partial charge is 0.328 e. The molecule has 28 heavy (non-hydrogen) atoms. The molecule has 0 aliphatic carbocycles. The van der Waals surface area contributed by atoms with Crippen LogP contribution >= 0.6 is 11.3 Å². The summed E-state index contributed by atoms with van der Waals surface area (Å²) in [5.41, 5.74) is 0.898. The van der Waals surface area contributed by atoms with E-state index in [9.17, 15) is 18.0 Å². The number of amides is 3. The average molecular weight is 426 g/mol. The minimum absolute atomic E-state index is 0.0277. The lowest BCUT2D eigenvalue weighted by Gasteiger charge is -2.25. The second kappa shape index (κ2) is 8.61. The van der Waals surface area contributed by atoms with Crippen LogP contribution in [0.25, 0.3) is 0 Å². The van der Waals surface area contributed by atoms with Crippen LogP contribution in [0.15, 0.2) is 39.9 Å². The van der Waals surface area contributed by atoms with Gasteiger partial charge in [0.2, 0.25) is 5.91 Å². The summed E-state index contributed by atoms with van der Waals surface area (Å²) >= 11 is 1.54. The summed E-state index contributed by atoms with van der Waals surface area (Å²) in [4.78, 5) is 23.7. The van der Waals surface area contributed by atoms with E-state index in [2.05, 4.69) is 10.6 Å². The number of hydrogen-bond donors (Lipinski definition) is 3. The molecule has 0 spiro atoms. The number of carbonyl (C=O) groups is 2. The van der Waals surface area contributed by atoms with Crippen molar-refractivity contribution in [3.05, 3.63) is 46.2 Å². The van der Waals surface area contributed by atoms with E-state index in [1.54, 1.807) is 17.4 Å². The van der Waals surface area contributed by atoms with Gasteiger partial charge < -0.3 is 15.4 Å². The summed E-state index contributed by atoms with van der Waals surface area (Å²) in [5.74, 6) is -0.192. The van der Waals surface area contributed by atoms with Crippen molar-refractivity contribution < 1.29 is 22.7 Å². The number of rotatable bonds is 7. The van der Waals surface area contributed by atoms with E-state index >= 15 is 0 Å². The molecule has 0 aliphatic heterocycles. The first kappa shape index (κ1) is 21.7. The summed E-state index contributed by atoms with van der Waals surface area (Å²) in [6.45, 7) is 3.79. The second-order valence-electron chi connectivity index (χ2n) is 6.53. The Balaban J connectivity index is 2.23. The summed E-state index contributed by atoms with van der Waals surface area (Å²) in [6, 6.07) is 5.44. The lowest BCUT2D eigenvalue weighted by Crippen LogP contribution is -2.41. The molecule has 3 amide bonds. The molecule has 8 nitrogen and oxygen atoms in total. The zero-order valence-electron chi connectivity index (χ0n) is 16.0. The second-order valence-corrected chi connectivity index (χ2v) is 8.96. The van der Waals surface area contributed by atoms with Crippen LogP contribution in [-0.4, -0.2) is 34.5 Å². The van der Waals surface area contributed by atoms with Crippen molar-refractivity contribution in [2.75, 3.05) is 14.2 Å². The van der Waals surface area contributed by atoms with Crippen LogP contribution in [0, 0.1) is 0 Å². The van der Waals surface area contributed by atoms with E-state index < -0.39 is 21.6 Å². The number of nitrogens with one attached hydrogen (secondary N) is 3. The van der Waals surface area contributed by atoms with Crippen LogP contribution in [0.1, 0.15) is 25.0 Å². The van der Waals surface area contributed by atoms with E-state index in [4.69, 9.17) is 4.74 Å². The molecule has 10 heteroatoms. The topological polar surface area (TPSA) is 114 Å². The Labute approximate surface area is 168 Å². The Bertz CT molecular complexity index is 954. The number of sulfonamides is 1. The van der Waals surface area contributed by atoms with Gasteiger partial charge in [-0.25, -0.2) is 17.9 Å². The number of methoxy groups -OCH3 is 1. The van der Waals surface area contributed by atoms with E-state index in [1.165, 1.54) is 26.3 Å². The van der Waals surface area contributed by atoms with Crippen molar-refractivity contribution in [1.82, 2.24) is 15.4 Å². The van der Waals surface area contributed by atoms with Crippen LogP contribution < -0.4 is 20.1 Å². The van der Waals surface area contributed by atoms with Crippen LogP contribution in [0.4, 0.5) is 4.79 Å². The first-order chi connectivity index (χ1) is 13.1. The molecular weight excluding hydrogens is 402 g/mol. The van der Waals surface area contributed by atoms with Crippen molar-refractivity contribution in [2.24, 2.45) is 0 Å². The number of thiophene rings is 1. The first-order valence-electron chi connectivity index (χ1n) is 8.34. The van der Waals surface area contributed by atoms with Gasteiger partial charge in [-0.3, -0.25) is 4.79 Å². The zero-order valence-corrected chi connectivity index (χ0v) is 17.7. The largest absolute Gasteiger partial charge is 0.495 e. The molecule has 2 aromatic rings. The molecule has 0 saturated heterocycles. The molecule has 1 aromatic heterocycles. The Morgan fingerprint density at radius 1 is 1.21 bits per heavy atom. The number of ether oxygens (including phenoxy) is 1. The Morgan fingerprint density at radius 3 is 2.50 bits per heavy atom. The Hall–Kier alpha value is -2.59. The van der Waals surface area contributed by atoms with Crippen molar-refractivity contribution in [3.8, 4) is 5.75 Å².